The quantitative estimate of drug-likeness (QED) is 0.884. The summed E-state index contributed by atoms with van der Waals surface area (Å²) in [5, 5.41) is 12.4. The Bertz CT molecular complexity index is 624. The van der Waals surface area contributed by atoms with Gasteiger partial charge in [-0.1, -0.05) is 29.8 Å². The minimum absolute atomic E-state index is 0.301. The van der Waals surface area contributed by atoms with Crippen molar-refractivity contribution in [2.24, 2.45) is 0 Å². The second-order valence-electron chi connectivity index (χ2n) is 5.08. The van der Waals surface area contributed by atoms with Gasteiger partial charge in [-0.15, -0.1) is 0 Å². The number of benzene rings is 2. The first-order chi connectivity index (χ1) is 9.49. The third-order valence-electron chi connectivity index (χ3n) is 3.45. The SMILES string of the molecule is Cc1cc(C)c(CNc2ccccc2C(=O)O)c(C)c1. The lowest BCUT2D eigenvalue weighted by Gasteiger charge is -2.14. The van der Waals surface area contributed by atoms with E-state index in [1.807, 2.05) is 6.07 Å². The molecule has 0 saturated carbocycles. The first-order valence-electron chi connectivity index (χ1n) is 6.62. The normalized spacial score (nSPS) is 10.3. The zero-order valence-electron chi connectivity index (χ0n) is 12.0. The highest BCUT2D eigenvalue weighted by Crippen LogP contribution is 2.20. The average molecular weight is 269 g/mol. The molecule has 0 radical (unpaired) electrons. The number of hydrogen-bond acceptors (Lipinski definition) is 2. The number of nitrogens with one attached hydrogen (secondary N) is 1. The van der Waals surface area contributed by atoms with E-state index in [0.717, 1.165) is 0 Å². The third kappa shape index (κ3) is 2.99. The van der Waals surface area contributed by atoms with E-state index in [0.29, 0.717) is 17.8 Å². The predicted octanol–water partition coefficient (Wildman–Crippen LogP) is 3.92. The number of aryl methyl sites for hydroxylation is 3. The smallest absolute Gasteiger partial charge is 0.337 e. The highest BCUT2D eigenvalue weighted by Gasteiger charge is 2.09. The van der Waals surface area contributed by atoms with Crippen LogP contribution in [0, 0.1) is 20.8 Å². The molecule has 0 amide bonds. The Kier molecular flexibility index (Phi) is 4.08. The summed E-state index contributed by atoms with van der Waals surface area (Å²) in [7, 11) is 0. The Morgan fingerprint density at radius 3 is 2.30 bits per heavy atom. The van der Waals surface area contributed by atoms with Gasteiger partial charge < -0.3 is 10.4 Å². The maximum atomic E-state index is 11.2. The maximum Gasteiger partial charge on any atom is 0.337 e. The largest absolute Gasteiger partial charge is 0.478 e. The summed E-state index contributed by atoms with van der Waals surface area (Å²) in [4.78, 5) is 11.2. The zero-order valence-corrected chi connectivity index (χ0v) is 12.0. The predicted molar refractivity (Wildman–Crippen MR) is 81.4 cm³/mol. The van der Waals surface area contributed by atoms with Gasteiger partial charge in [-0.2, -0.15) is 0 Å². The molecule has 2 aromatic rings. The summed E-state index contributed by atoms with van der Waals surface area (Å²) in [6, 6.07) is 11.3. The summed E-state index contributed by atoms with van der Waals surface area (Å²) in [6.45, 7) is 6.87. The van der Waals surface area contributed by atoms with E-state index in [9.17, 15) is 4.79 Å². The lowest BCUT2D eigenvalue weighted by Crippen LogP contribution is -2.08. The summed E-state index contributed by atoms with van der Waals surface area (Å²) in [6.07, 6.45) is 0. The molecular formula is C17H19NO2. The molecule has 2 N–H and O–H groups in total. The standard InChI is InChI=1S/C17H19NO2/c1-11-8-12(2)15(13(3)9-11)10-18-16-7-5-4-6-14(16)17(19)20/h4-9,18H,10H2,1-3H3,(H,19,20). The van der Waals surface area contributed by atoms with Crippen LogP contribution >= 0.6 is 0 Å². The number of carbonyl (C=O) groups is 1. The van der Waals surface area contributed by atoms with Crippen LogP contribution in [-0.4, -0.2) is 11.1 Å². The van der Waals surface area contributed by atoms with Crippen molar-refractivity contribution in [3.05, 3.63) is 64.2 Å². The van der Waals surface area contributed by atoms with Gasteiger partial charge in [0.25, 0.3) is 0 Å². The van der Waals surface area contributed by atoms with Crippen LogP contribution in [-0.2, 0) is 6.54 Å². The molecule has 0 unspecified atom stereocenters. The average Bonchev–Trinajstić information content (AvgIpc) is 2.37. The Morgan fingerprint density at radius 2 is 1.70 bits per heavy atom. The minimum Gasteiger partial charge on any atom is -0.478 e. The van der Waals surface area contributed by atoms with Gasteiger partial charge in [-0.25, -0.2) is 4.79 Å². The van der Waals surface area contributed by atoms with E-state index in [-0.39, 0.29) is 0 Å². The van der Waals surface area contributed by atoms with Gasteiger partial charge in [0.1, 0.15) is 0 Å². The van der Waals surface area contributed by atoms with E-state index in [2.05, 4.69) is 38.2 Å². The minimum atomic E-state index is -0.912. The molecule has 0 aliphatic rings. The van der Waals surface area contributed by atoms with Gasteiger partial charge >= 0.3 is 5.97 Å². The molecule has 2 aromatic carbocycles. The zero-order chi connectivity index (χ0) is 14.7. The van der Waals surface area contributed by atoms with Gasteiger partial charge in [-0.3, -0.25) is 0 Å². The van der Waals surface area contributed by atoms with Crippen LogP contribution in [0.5, 0.6) is 0 Å². The second kappa shape index (κ2) is 5.78. The molecule has 0 aliphatic heterocycles. The van der Waals surface area contributed by atoms with Gasteiger partial charge in [0, 0.05) is 12.2 Å². The highest BCUT2D eigenvalue weighted by atomic mass is 16.4. The molecule has 20 heavy (non-hydrogen) atoms. The molecule has 0 aromatic heterocycles. The molecule has 2 rings (SSSR count). The van der Waals surface area contributed by atoms with Crippen molar-refractivity contribution in [3.8, 4) is 0 Å². The number of carboxylic acids is 1. The number of para-hydroxylation sites is 1. The van der Waals surface area contributed by atoms with Crippen LogP contribution < -0.4 is 5.32 Å². The van der Waals surface area contributed by atoms with Crippen LogP contribution in [0.25, 0.3) is 0 Å². The number of rotatable bonds is 4. The van der Waals surface area contributed by atoms with E-state index in [1.165, 1.54) is 22.3 Å². The van der Waals surface area contributed by atoms with Crippen LogP contribution in [0.4, 0.5) is 5.69 Å². The van der Waals surface area contributed by atoms with E-state index >= 15 is 0 Å². The lowest BCUT2D eigenvalue weighted by atomic mass is 9.99. The number of anilines is 1. The van der Waals surface area contributed by atoms with Crippen LogP contribution in [0.15, 0.2) is 36.4 Å². The Morgan fingerprint density at radius 1 is 1.10 bits per heavy atom. The molecular weight excluding hydrogens is 250 g/mol. The molecule has 3 heteroatoms. The van der Waals surface area contributed by atoms with Crippen molar-refractivity contribution < 1.29 is 9.90 Å². The molecule has 0 aliphatic carbocycles. The lowest BCUT2D eigenvalue weighted by molar-refractivity contribution is 0.0698. The monoisotopic (exact) mass is 269 g/mol. The highest BCUT2D eigenvalue weighted by molar-refractivity contribution is 5.94. The van der Waals surface area contributed by atoms with Gasteiger partial charge in [-0.05, 0) is 49.6 Å². The Labute approximate surface area is 119 Å². The fraction of sp³-hybridized carbons (Fsp3) is 0.235. The molecule has 0 spiro atoms. The fourth-order valence-corrected chi connectivity index (χ4v) is 2.50. The number of hydrogen-bond donors (Lipinski definition) is 2. The number of carboxylic acid groups (broad SMARTS) is 1. The first kappa shape index (κ1) is 14.1. The van der Waals surface area contributed by atoms with Crippen molar-refractivity contribution >= 4 is 11.7 Å². The van der Waals surface area contributed by atoms with Crippen molar-refractivity contribution in [1.82, 2.24) is 0 Å². The van der Waals surface area contributed by atoms with Crippen molar-refractivity contribution in [2.45, 2.75) is 27.3 Å². The van der Waals surface area contributed by atoms with E-state index in [4.69, 9.17) is 5.11 Å². The fourth-order valence-electron chi connectivity index (χ4n) is 2.50. The van der Waals surface area contributed by atoms with Gasteiger partial charge in [0.15, 0.2) is 0 Å². The third-order valence-corrected chi connectivity index (χ3v) is 3.45. The van der Waals surface area contributed by atoms with Crippen molar-refractivity contribution in [3.63, 3.8) is 0 Å². The Hall–Kier alpha value is -2.29. The summed E-state index contributed by atoms with van der Waals surface area (Å²) >= 11 is 0. The molecule has 0 atom stereocenters. The van der Waals surface area contributed by atoms with Gasteiger partial charge in [0.05, 0.1) is 5.56 Å². The summed E-state index contributed by atoms with van der Waals surface area (Å²) in [5.74, 6) is -0.912. The Balaban J connectivity index is 2.24. The first-order valence-corrected chi connectivity index (χ1v) is 6.62. The molecule has 0 heterocycles. The molecule has 3 nitrogen and oxygen atoms in total. The van der Waals surface area contributed by atoms with Crippen molar-refractivity contribution in [2.75, 3.05) is 5.32 Å². The number of aromatic carboxylic acids is 1. The topological polar surface area (TPSA) is 49.3 Å². The second-order valence-corrected chi connectivity index (χ2v) is 5.08. The van der Waals surface area contributed by atoms with Gasteiger partial charge in [0.2, 0.25) is 0 Å². The van der Waals surface area contributed by atoms with Crippen LogP contribution in [0.3, 0.4) is 0 Å². The van der Waals surface area contributed by atoms with Crippen LogP contribution in [0.1, 0.15) is 32.6 Å². The molecule has 104 valence electrons. The molecule has 0 saturated heterocycles. The van der Waals surface area contributed by atoms with Crippen molar-refractivity contribution in [1.29, 1.82) is 0 Å². The van der Waals surface area contributed by atoms with Crippen LogP contribution in [0.2, 0.25) is 0 Å². The summed E-state index contributed by atoms with van der Waals surface area (Å²) < 4.78 is 0. The van der Waals surface area contributed by atoms with E-state index in [1.54, 1.807) is 18.2 Å². The maximum absolute atomic E-state index is 11.2. The molecule has 0 bridgehead atoms. The van der Waals surface area contributed by atoms with E-state index < -0.39 is 5.97 Å². The summed E-state index contributed by atoms with van der Waals surface area (Å²) in [5.41, 5.74) is 5.87. The molecule has 0 fully saturated rings.